The molecule has 4 rings (SSSR count). The van der Waals surface area contributed by atoms with Crippen LogP contribution in [0.3, 0.4) is 0 Å². The Balaban J connectivity index is 0.000000211. The topological polar surface area (TPSA) is 60.0 Å². The van der Waals surface area contributed by atoms with Gasteiger partial charge in [-0.2, -0.15) is 0 Å². The predicted molar refractivity (Wildman–Crippen MR) is 140 cm³/mol. The molecule has 2 aliphatic rings. The van der Waals surface area contributed by atoms with Crippen LogP contribution in [0, 0.1) is 0 Å². The van der Waals surface area contributed by atoms with Crippen LogP contribution in [0.4, 0.5) is 4.79 Å². The molecule has 0 radical (unpaired) electrons. The number of carbonyl (C=O) groups excluding carboxylic acids is 1. The zero-order chi connectivity index (χ0) is 25.3. The van der Waals surface area contributed by atoms with Gasteiger partial charge in [0.15, 0.2) is 0 Å². The number of hydrogen-bond acceptors (Lipinski definition) is 5. The Hall–Kier alpha value is -1.83. The highest BCUT2D eigenvalue weighted by Crippen LogP contribution is 2.19. The Morgan fingerprint density at radius 2 is 1.46 bits per heavy atom. The maximum atomic E-state index is 12.0. The minimum Gasteiger partial charge on any atom is -0.444 e. The van der Waals surface area contributed by atoms with Gasteiger partial charge in [-0.15, -0.1) is 0 Å². The van der Waals surface area contributed by atoms with Crippen LogP contribution in [-0.2, 0) is 27.4 Å². The molecule has 1 amide bonds. The number of nitrogens with zero attached hydrogens (tertiary/aromatic N) is 1. The molecule has 2 aliphatic heterocycles. The van der Waals surface area contributed by atoms with Gasteiger partial charge in [0.05, 0.1) is 32.0 Å². The summed E-state index contributed by atoms with van der Waals surface area (Å²) in [7, 11) is 0. The van der Waals surface area contributed by atoms with Crippen molar-refractivity contribution in [2.24, 2.45) is 0 Å². The molecule has 8 heteroatoms. The third kappa shape index (κ3) is 10.4. The summed E-state index contributed by atoms with van der Waals surface area (Å²) in [5.74, 6) is 0. The van der Waals surface area contributed by atoms with E-state index in [1.165, 1.54) is 5.56 Å². The average Bonchev–Trinajstić information content (AvgIpc) is 3.50. The number of carbonyl (C=O) groups is 1. The molecule has 2 aromatic rings. The van der Waals surface area contributed by atoms with Gasteiger partial charge in [0.1, 0.15) is 5.60 Å². The number of ether oxygens (including phenoxy) is 3. The van der Waals surface area contributed by atoms with Crippen molar-refractivity contribution in [1.29, 1.82) is 0 Å². The number of halogens is 2. The van der Waals surface area contributed by atoms with E-state index in [-0.39, 0.29) is 12.2 Å². The predicted octanol–water partition coefficient (Wildman–Crippen LogP) is 6.08. The van der Waals surface area contributed by atoms with Crippen LogP contribution in [0.25, 0.3) is 0 Å². The molecule has 0 spiro atoms. The van der Waals surface area contributed by atoms with Crippen molar-refractivity contribution in [1.82, 2.24) is 10.2 Å². The lowest BCUT2D eigenvalue weighted by atomic mass is 10.2. The Labute approximate surface area is 218 Å². The summed E-state index contributed by atoms with van der Waals surface area (Å²) < 4.78 is 16.9. The quantitative estimate of drug-likeness (QED) is 0.497. The van der Waals surface area contributed by atoms with Gasteiger partial charge in [-0.3, -0.25) is 0 Å². The zero-order valence-electron chi connectivity index (χ0n) is 20.8. The molecule has 0 aromatic heterocycles. The second kappa shape index (κ2) is 13.5. The van der Waals surface area contributed by atoms with Gasteiger partial charge < -0.3 is 24.4 Å². The van der Waals surface area contributed by atoms with E-state index in [1.54, 1.807) is 4.90 Å². The van der Waals surface area contributed by atoms with Crippen molar-refractivity contribution in [3.63, 3.8) is 0 Å². The fourth-order valence-corrected chi connectivity index (χ4v) is 3.97. The van der Waals surface area contributed by atoms with E-state index in [0.717, 1.165) is 41.5 Å². The highest BCUT2D eigenvalue weighted by atomic mass is 35.5. The number of likely N-dealkylation sites (tertiary alicyclic amines) is 1. The molecule has 2 aromatic carbocycles. The SMILES string of the molecule is CC(C)(C)OC(=O)N1CC[C@@H](OCc2ccc(Cl)cc2)C1.Clc1ccc(CO[C@@H]2CCNC2)cc1. The Kier molecular flexibility index (Phi) is 10.7. The fourth-order valence-electron chi connectivity index (χ4n) is 3.72. The molecule has 35 heavy (non-hydrogen) atoms. The van der Waals surface area contributed by atoms with Gasteiger partial charge in [0, 0.05) is 23.1 Å². The molecule has 6 nitrogen and oxygen atoms in total. The highest BCUT2D eigenvalue weighted by molar-refractivity contribution is 6.30. The molecular formula is C27H36Cl2N2O4. The Bertz CT molecular complexity index is 910. The van der Waals surface area contributed by atoms with E-state index in [2.05, 4.69) is 5.32 Å². The first kappa shape index (κ1) is 27.8. The molecule has 0 bridgehead atoms. The van der Waals surface area contributed by atoms with Gasteiger partial charge in [-0.05, 0) is 75.5 Å². The largest absolute Gasteiger partial charge is 0.444 e. The first-order chi connectivity index (χ1) is 16.7. The smallest absolute Gasteiger partial charge is 0.410 e. The maximum absolute atomic E-state index is 12.0. The van der Waals surface area contributed by atoms with Crippen LogP contribution < -0.4 is 5.32 Å². The second-order valence-electron chi connectivity index (χ2n) is 9.83. The second-order valence-corrected chi connectivity index (χ2v) is 10.7. The summed E-state index contributed by atoms with van der Waals surface area (Å²) in [5, 5.41) is 4.76. The molecule has 2 atom stereocenters. The first-order valence-corrected chi connectivity index (χ1v) is 12.8. The Morgan fingerprint density at radius 1 is 0.914 bits per heavy atom. The summed E-state index contributed by atoms with van der Waals surface area (Å²) in [6.07, 6.45) is 2.14. The van der Waals surface area contributed by atoms with Gasteiger partial charge in [0.25, 0.3) is 0 Å². The van der Waals surface area contributed by atoms with Crippen molar-refractivity contribution in [3.8, 4) is 0 Å². The van der Waals surface area contributed by atoms with E-state index in [9.17, 15) is 4.79 Å². The average molecular weight is 524 g/mol. The normalized spacial score (nSPS) is 19.9. The molecule has 2 saturated heterocycles. The molecule has 1 N–H and O–H groups in total. The van der Waals surface area contributed by atoms with Crippen LogP contribution in [0.15, 0.2) is 48.5 Å². The van der Waals surface area contributed by atoms with Crippen LogP contribution in [0.2, 0.25) is 10.0 Å². The van der Waals surface area contributed by atoms with E-state index >= 15 is 0 Å². The third-order valence-electron chi connectivity index (χ3n) is 5.61. The van der Waals surface area contributed by atoms with Crippen molar-refractivity contribution in [2.75, 3.05) is 26.2 Å². The molecule has 2 fully saturated rings. The number of amides is 1. The number of hydrogen-bond donors (Lipinski definition) is 1. The minimum atomic E-state index is -0.459. The minimum absolute atomic E-state index is 0.0631. The van der Waals surface area contributed by atoms with E-state index in [1.807, 2.05) is 69.3 Å². The van der Waals surface area contributed by atoms with Crippen LogP contribution in [0.1, 0.15) is 44.7 Å². The van der Waals surface area contributed by atoms with E-state index in [0.29, 0.717) is 32.4 Å². The molecular weight excluding hydrogens is 487 g/mol. The van der Waals surface area contributed by atoms with E-state index < -0.39 is 5.60 Å². The number of nitrogens with one attached hydrogen (secondary N) is 1. The summed E-state index contributed by atoms with van der Waals surface area (Å²) in [6.45, 7) is 10.1. The lowest BCUT2D eigenvalue weighted by Crippen LogP contribution is -2.36. The molecule has 0 aliphatic carbocycles. The summed E-state index contributed by atoms with van der Waals surface area (Å²) in [5.41, 5.74) is 1.80. The molecule has 2 heterocycles. The summed E-state index contributed by atoms with van der Waals surface area (Å²) in [4.78, 5) is 13.7. The van der Waals surface area contributed by atoms with Crippen LogP contribution >= 0.6 is 23.2 Å². The van der Waals surface area contributed by atoms with Crippen molar-refractivity contribution in [2.45, 2.75) is 64.6 Å². The maximum Gasteiger partial charge on any atom is 0.410 e. The standard InChI is InChI=1S/C16H22ClNO3.C11H14ClNO/c1-16(2,3)21-15(19)18-9-8-14(10-18)20-11-12-4-6-13(17)7-5-12;12-10-3-1-9(2-4-10)8-14-11-5-6-13-7-11/h4-7,14H,8-11H2,1-3H3;1-4,11,13H,5-8H2/t14-;11-/m11/s1. The van der Waals surface area contributed by atoms with Crippen molar-refractivity contribution in [3.05, 3.63) is 69.7 Å². The Morgan fingerprint density at radius 3 is 1.94 bits per heavy atom. The lowest BCUT2D eigenvalue weighted by molar-refractivity contribution is 0.0184. The first-order valence-electron chi connectivity index (χ1n) is 12.1. The van der Waals surface area contributed by atoms with Gasteiger partial charge in [-0.1, -0.05) is 47.5 Å². The zero-order valence-corrected chi connectivity index (χ0v) is 22.3. The molecule has 0 saturated carbocycles. The van der Waals surface area contributed by atoms with Gasteiger partial charge >= 0.3 is 6.09 Å². The van der Waals surface area contributed by atoms with Gasteiger partial charge in [-0.25, -0.2) is 4.79 Å². The third-order valence-corrected chi connectivity index (χ3v) is 6.11. The lowest BCUT2D eigenvalue weighted by Gasteiger charge is -2.24. The van der Waals surface area contributed by atoms with Crippen LogP contribution in [0.5, 0.6) is 0 Å². The van der Waals surface area contributed by atoms with Crippen LogP contribution in [-0.4, -0.2) is 55.0 Å². The number of benzene rings is 2. The number of rotatable bonds is 6. The van der Waals surface area contributed by atoms with Gasteiger partial charge in [0.2, 0.25) is 0 Å². The highest BCUT2D eigenvalue weighted by Gasteiger charge is 2.30. The molecule has 0 unspecified atom stereocenters. The van der Waals surface area contributed by atoms with Crippen molar-refractivity contribution >= 4 is 29.3 Å². The summed E-state index contributed by atoms with van der Waals surface area (Å²) >= 11 is 11.6. The fraction of sp³-hybridized carbons (Fsp3) is 0.519. The molecule has 192 valence electrons. The van der Waals surface area contributed by atoms with E-state index in [4.69, 9.17) is 37.4 Å². The monoisotopic (exact) mass is 522 g/mol. The summed E-state index contributed by atoms with van der Waals surface area (Å²) in [6, 6.07) is 15.4. The van der Waals surface area contributed by atoms with Crippen molar-refractivity contribution < 1.29 is 19.0 Å².